The minimum absolute atomic E-state index is 0.595. The van der Waals surface area contributed by atoms with Crippen LogP contribution >= 0.6 is 0 Å². The maximum Gasteiger partial charge on any atom is 0.0770 e. The van der Waals surface area contributed by atoms with Crippen molar-refractivity contribution in [3.63, 3.8) is 0 Å². The first-order valence-electron chi connectivity index (χ1n) is 4.43. The Hall–Kier alpha value is -0.830. The predicted octanol–water partition coefficient (Wildman–Crippen LogP) is 0.953. The number of hydrogen-bond acceptors (Lipinski definition) is 2. The molecule has 0 bridgehead atoms. The van der Waals surface area contributed by atoms with Crippen molar-refractivity contribution in [3.05, 3.63) is 17.0 Å². The van der Waals surface area contributed by atoms with Crippen LogP contribution in [0.25, 0.3) is 0 Å². The van der Waals surface area contributed by atoms with Gasteiger partial charge >= 0.3 is 0 Å². The van der Waals surface area contributed by atoms with Gasteiger partial charge in [0.2, 0.25) is 0 Å². The van der Waals surface area contributed by atoms with Gasteiger partial charge in [-0.15, -0.1) is 0 Å². The number of nitrogens with zero attached hydrogens (tertiary/aromatic N) is 2. The lowest BCUT2D eigenvalue weighted by Gasteiger charge is -2.28. The van der Waals surface area contributed by atoms with Gasteiger partial charge in [-0.05, 0) is 26.3 Å². The van der Waals surface area contributed by atoms with Gasteiger partial charge in [-0.3, -0.25) is 4.68 Å². The highest BCUT2D eigenvalue weighted by molar-refractivity contribution is 5.23. The van der Waals surface area contributed by atoms with Gasteiger partial charge in [0.25, 0.3) is 0 Å². The lowest BCUT2D eigenvalue weighted by atomic mass is 10.1. The van der Waals surface area contributed by atoms with E-state index in [9.17, 15) is 0 Å². The van der Waals surface area contributed by atoms with Crippen molar-refractivity contribution < 1.29 is 0 Å². The number of aromatic nitrogens is 2. The molecule has 2 rings (SSSR count). The van der Waals surface area contributed by atoms with Gasteiger partial charge in [-0.1, -0.05) is 0 Å². The molecule has 1 aliphatic rings. The Kier molecular flexibility index (Phi) is 1.68. The fourth-order valence-corrected chi connectivity index (χ4v) is 1.55. The van der Waals surface area contributed by atoms with Gasteiger partial charge < -0.3 is 5.32 Å². The molecule has 0 atom stereocenters. The van der Waals surface area contributed by atoms with E-state index in [4.69, 9.17) is 0 Å². The largest absolute Gasteiger partial charge is 0.312 e. The van der Waals surface area contributed by atoms with Crippen molar-refractivity contribution >= 4 is 0 Å². The number of rotatable bonds is 1. The molecule has 0 aliphatic carbocycles. The van der Waals surface area contributed by atoms with Crippen LogP contribution in [0.5, 0.6) is 0 Å². The molecule has 3 nitrogen and oxygen atoms in total. The first-order valence-corrected chi connectivity index (χ1v) is 4.43. The van der Waals surface area contributed by atoms with Gasteiger partial charge in [0.1, 0.15) is 0 Å². The third-order valence-corrected chi connectivity index (χ3v) is 2.79. The second kappa shape index (κ2) is 2.59. The van der Waals surface area contributed by atoms with Crippen molar-refractivity contribution in [2.24, 2.45) is 0 Å². The Labute approximate surface area is 72.8 Å². The molecule has 1 saturated heterocycles. The highest BCUT2D eigenvalue weighted by atomic mass is 15.3. The Morgan fingerprint density at radius 1 is 1.33 bits per heavy atom. The standard InChI is InChI=1S/C9H15N3/c1-6-7(2)11-12(8(6)3)9-4-10-5-9/h9-10H,4-5H2,1-3H3. The van der Waals surface area contributed by atoms with E-state index in [0.29, 0.717) is 6.04 Å². The average Bonchev–Trinajstić information content (AvgIpc) is 2.15. The molecule has 12 heavy (non-hydrogen) atoms. The first-order chi connectivity index (χ1) is 5.70. The maximum atomic E-state index is 4.51. The summed E-state index contributed by atoms with van der Waals surface area (Å²) in [5.41, 5.74) is 3.82. The van der Waals surface area contributed by atoms with Crippen LogP contribution in [-0.4, -0.2) is 22.9 Å². The molecule has 1 aliphatic heterocycles. The molecule has 1 N–H and O–H groups in total. The van der Waals surface area contributed by atoms with Crippen LogP contribution < -0.4 is 5.32 Å². The second-order valence-corrected chi connectivity index (χ2v) is 3.55. The molecule has 1 aromatic rings. The van der Waals surface area contributed by atoms with Gasteiger partial charge in [0.05, 0.1) is 11.7 Å². The minimum Gasteiger partial charge on any atom is -0.312 e. The molecule has 0 radical (unpaired) electrons. The van der Waals surface area contributed by atoms with Crippen molar-refractivity contribution in [2.45, 2.75) is 26.8 Å². The molecule has 0 saturated carbocycles. The van der Waals surface area contributed by atoms with E-state index >= 15 is 0 Å². The molecular weight excluding hydrogens is 150 g/mol. The van der Waals surface area contributed by atoms with Crippen LogP contribution in [0.15, 0.2) is 0 Å². The topological polar surface area (TPSA) is 29.9 Å². The summed E-state index contributed by atoms with van der Waals surface area (Å²) in [6.45, 7) is 8.50. The molecule has 1 aromatic heterocycles. The lowest BCUT2D eigenvalue weighted by Crippen LogP contribution is -2.44. The van der Waals surface area contributed by atoms with Crippen LogP contribution in [0, 0.1) is 20.8 Å². The fraction of sp³-hybridized carbons (Fsp3) is 0.667. The highest BCUT2D eigenvalue weighted by Crippen LogP contribution is 2.18. The summed E-state index contributed by atoms with van der Waals surface area (Å²) in [5, 5.41) is 7.76. The van der Waals surface area contributed by atoms with E-state index in [1.54, 1.807) is 0 Å². The highest BCUT2D eigenvalue weighted by Gasteiger charge is 2.22. The zero-order chi connectivity index (χ0) is 8.72. The fourth-order valence-electron chi connectivity index (χ4n) is 1.55. The van der Waals surface area contributed by atoms with E-state index in [2.05, 4.69) is 35.9 Å². The molecule has 1 fully saturated rings. The predicted molar refractivity (Wildman–Crippen MR) is 48.3 cm³/mol. The van der Waals surface area contributed by atoms with Crippen LogP contribution in [0.1, 0.15) is 23.0 Å². The van der Waals surface area contributed by atoms with Gasteiger partial charge in [-0.25, -0.2) is 0 Å². The molecule has 0 unspecified atom stereocenters. The quantitative estimate of drug-likeness (QED) is 0.671. The first kappa shape index (κ1) is 7.80. The van der Waals surface area contributed by atoms with E-state index in [-0.39, 0.29) is 0 Å². The van der Waals surface area contributed by atoms with Crippen LogP contribution in [0.2, 0.25) is 0 Å². The van der Waals surface area contributed by atoms with E-state index in [0.717, 1.165) is 13.1 Å². The normalized spacial score (nSPS) is 17.9. The molecular formula is C9H15N3. The van der Waals surface area contributed by atoms with E-state index in [1.165, 1.54) is 17.0 Å². The van der Waals surface area contributed by atoms with Gasteiger partial charge in [0.15, 0.2) is 0 Å². The van der Waals surface area contributed by atoms with Crippen LogP contribution in [0.3, 0.4) is 0 Å². The van der Waals surface area contributed by atoms with Crippen LogP contribution in [0.4, 0.5) is 0 Å². The smallest absolute Gasteiger partial charge is 0.0770 e. The summed E-state index contributed by atoms with van der Waals surface area (Å²) in [4.78, 5) is 0. The van der Waals surface area contributed by atoms with Crippen molar-refractivity contribution in [3.8, 4) is 0 Å². The summed E-state index contributed by atoms with van der Waals surface area (Å²) in [7, 11) is 0. The Morgan fingerprint density at radius 2 is 2.00 bits per heavy atom. The summed E-state index contributed by atoms with van der Waals surface area (Å²) >= 11 is 0. The Balaban J connectivity index is 2.36. The van der Waals surface area contributed by atoms with Crippen LogP contribution in [-0.2, 0) is 0 Å². The minimum atomic E-state index is 0.595. The van der Waals surface area contributed by atoms with Gasteiger partial charge in [0, 0.05) is 18.8 Å². The zero-order valence-corrected chi connectivity index (χ0v) is 7.89. The zero-order valence-electron chi connectivity index (χ0n) is 7.89. The Bertz CT molecular complexity index is 297. The summed E-state index contributed by atoms with van der Waals surface area (Å²) < 4.78 is 2.15. The van der Waals surface area contributed by atoms with Crippen molar-refractivity contribution in [1.29, 1.82) is 0 Å². The van der Waals surface area contributed by atoms with E-state index < -0.39 is 0 Å². The van der Waals surface area contributed by atoms with Crippen molar-refractivity contribution in [2.75, 3.05) is 13.1 Å². The molecule has 0 aromatic carbocycles. The summed E-state index contributed by atoms with van der Waals surface area (Å²) in [5.74, 6) is 0. The number of nitrogens with one attached hydrogen (secondary N) is 1. The molecule has 0 spiro atoms. The SMILES string of the molecule is Cc1nn(C2CNC2)c(C)c1C. The maximum absolute atomic E-state index is 4.51. The molecule has 2 heterocycles. The molecule has 0 amide bonds. The van der Waals surface area contributed by atoms with E-state index in [1.807, 2.05) is 0 Å². The van der Waals surface area contributed by atoms with Gasteiger partial charge in [-0.2, -0.15) is 5.10 Å². The number of hydrogen-bond donors (Lipinski definition) is 1. The summed E-state index contributed by atoms with van der Waals surface area (Å²) in [6, 6.07) is 0.595. The monoisotopic (exact) mass is 165 g/mol. The second-order valence-electron chi connectivity index (χ2n) is 3.55. The third-order valence-electron chi connectivity index (χ3n) is 2.79. The molecule has 3 heteroatoms. The summed E-state index contributed by atoms with van der Waals surface area (Å²) in [6.07, 6.45) is 0. The average molecular weight is 165 g/mol. The third kappa shape index (κ3) is 0.966. The lowest BCUT2D eigenvalue weighted by molar-refractivity contribution is 0.312. The number of aryl methyl sites for hydroxylation is 1. The Morgan fingerprint density at radius 3 is 2.33 bits per heavy atom. The van der Waals surface area contributed by atoms with Crippen molar-refractivity contribution in [1.82, 2.24) is 15.1 Å². The molecule has 66 valence electrons.